The third-order valence-electron chi connectivity index (χ3n) is 3.66. The number of benzene rings is 2. The number of methoxy groups -OCH3 is 1. The van der Waals surface area contributed by atoms with Gasteiger partial charge in [-0.1, -0.05) is 35.9 Å². The summed E-state index contributed by atoms with van der Waals surface area (Å²) in [5.74, 6) is 0.928. The number of nitrogens with zero attached hydrogens (tertiary/aromatic N) is 1. The molecule has 2 aromatic carbocycles. The zero-order valence-corrected chi connectivity index (χ0v) is 13.1. The lowest BCUT2D eigenvalue weighted by Gasteiger charge is -2.24. The molecular formula is C18H24N2O. The molecule has 0 aliphatic carbocycles. The molecule has 0 heterocycles. The molecule has 2 rings (SSSR count). The van der Waals surface area contributed by atoms with Crippen LogP contribution in [0.25, 0.3) is 0 Å². The lowest BCUT2D eigenvalue weighted by molar-refractivity contribution is 0.409. The molecule has 0 aliphatic heterocycles. The van der Waals surface area contributed by atoms with E-state index in [2.05, 4.69) is 43.1 Å². The molecular weight excluding hydrogens is 260 g/mol. The van der Waals surface area contributed by atoms with Crippen molar-refractivity contribution in [3.63, 3.8) is 0 Å². The highest BCUT2D eigenvalue weighted by Crippen LogP contribution is 2.25. The smallest absolute Gasteiger partial charge is 0.123 e. The summed E-state index contributed by atoms with van der Waals surface area (Å²) in [6.07, 6.45) is 0.896. The van der Waals surface area contributed by atoms with Gasteiger partial charge in [-0.3, -0.25) is 0 Å². The van der Waals surface area contributed by atoms with Gasteiger partial charge in [0.15, 0.2) is 0 Å². The molecule has 112 valence electrons. The van der Waals surface area contributed by atoms with Gasteiger partial charge < -0.3 is 15.4 Å². The van der Waals surface area contributed by atoms with Gasteiger partial charge in [0.2, 0.25) is 0 Å². The van der Waals surface area contributed by atoms with Gasteiger partial charge in [0, 0.05) is 24.8 Å². The first-order chi connectivity index (χ1) is 10.2. The second-order valence-electron chi connectivity index (χ2n) is 5.34. The minimum absolute atomic E-state index is 0.666. The summed E-state index contributed by atoms with van der Waals surface area (Å²) < 4.78 is 5.43. The predicted molar refractivity (Wildman–Crippen MR) is 89.0 cm³/mol. The van der Waals surface area contributed by atoms with Crippen LogP contribution in [0.5, 0.6) is 5.75 Å². The number of nitrogens with two attached hydrogens (primary N) is 1. The highest BCUT2D eigenvalue weighted by atomic mass is 16.5. The van der Waals surface area contributed by atoms with Crippen molar-refractivity contribution < 1.29 is 4.74 Å². The minimum atomic E-state index is 0.666. The lowest BCUT2D eigenvalue weighted by atomic mass is 10.0. The van der Waals surface area contributed by atoms with Crippen LogP contribution in [0.2, 0.25) is 0 Å². The fourth-order valence-corrected chi connectivity index (χ4v) is 2.62. The van der Waals surface area contributed by atoms with Crippen molar-refractivity contribution in [2.24, 2.45) is 5.73 Å². The number of hydrogen-bond donors (Lipinski definition) is 1. The molecule has 2 aromatic rings. The first-order valence-electron chi connectivity index (χ1n) is 7.28. The number of hydrogen-bond acceptors (Lipinski definition) is 3. The van der Waals surface area contributed by atoms with Crippen LogP contribution in [0.3, 0.4) is 0 Å². The molecule has 0 spiro atoms. The van der Waals surface area contributed by atoms with E-state index in [-0.39, 0.29) is 0 Å². The Balaban J connectivity index is 2.25. The van der Waals surface area contributed by atoms with E-state index in [1.54, 1.807) is 7.11 Å². The van der Waals surface area contributed by atoms with Gasteiger partial charge in [-0.05, 0) is 37.6 Å². The Morgan fingerprint density at radius 3 is 2.57 bits per heavy atom. The average molecular weight is 284 g/mol. The van der Waals surface area contributed by atoms with Gasteiger partial charge in [0.25, 0.3) is 0 Å². The summed E-state index contributed by atoms with van der Waals surface area (Å²) in [7, 11) is 3.82. The van der Waals surface area contributed by atoms with E-state index in [0.717, 1.165) is 18.7 Å². The largest absolute Gasteiger partial charge is 0.496 e. The van der Waals surface area contributed by atoms with Crippen LogP contribution in [0, 0.1) is 6.92 Å². The van der Waals surface area contributed by atoms with Gasteiger partial charge in [0.05, 0.1) is 7.11 Å². The van der Waals surface area contributed by atoms with Gasteiger partial charge in [-0.2, -0.15) is 0 Å². The monoisotopic (exact) mass is 284 g/mol. The number of aryl methyl sites for hydroxylation is 1. The SMILES string of the molecule is COc1ccccc1CN(C)c1ccc(C)cc1CCN. The maximum atomic E-state index is 5.74. The van der Waals surface area contributed by atoms with Crippen LogP contribution in [0.1, 0.15) is 16.7 Å². The molecule has 21 heavy (non-hydrogen) atoms. The summed E-state index contributed by atoms with van der Waals surface area (Å²) >= 11 is 0. The fraction of sp³-hybridized carbons (Fsp3) is 0.333. The van der Waals surface area contributed by atoms with Crippen LogP contribution >= 0.6 is 0 Å². The van der Waals surface area contributed by atoms with E-state index < -0.39 is 0 Å². The molecule has 3 heteroatoms. The van der Waals surface area contributed by atoms with Crippen LogP contribution in [-0.4, -0.2) is 20.7 Å². The molecule has 0 aromatic heterocycles. The van der Waals surface area contributed by atoms with Crippen molar-refractivity contribution in [1.82, 2.24) is 0 Å². The Labute approximate surface area is 127 Å². The van der Waals surface area contributed by atoms with Crippen molar-refractivity contribution in [3.05, 3.63) is 59.2 Å². The van der Waals surface area contributed by atoms with Crippen LogP contribution < -0.4 is 15.4 Å². The standard InChI is InChI=1S/C18H24N2O/c1-14-8-9-17(15(12-14)10-11-19)20(2)13-16-6-4-5-7-18(16)21-3/h4-9,12H,10-11,13,19H2,1-3H3. The molecule has 0 atom stereocenters. The summed E-state index contributed by atoms with van der Waals surface area (Å²) in [6, 6.07) is 14.7. The fourth-order valence-electron chi connectivity index (χ4n) is 2.62. The molecule has 2 N–H and O–H groups in total. The molecule has 0 unspecified atom stereocenters. The van der Waals surface area contributed by atoms with Crippen molar-refractivity contribution in [2.75, 3.05) is 25.6 Å². The van der Waals surface area contributed by atoms with Gasteiger partial charge in [-0.25, -0.2) is 0 Å². The summed E-state index contributed by atoms with van der Waals surface area (Å²) in [5.41, 5.74) is 10.7. The highest BCUT2D eigenvalue weighted by molar-refractivity contribution is 5.55. The Hall–Kier alpha value is -2.00. The first-order valence-corrected chi connectivity index (χ1v) is 7.28. The molecule has 3 nitrogen and oxygen atoms in total. The average Bonchev–Trinajstić information content (AvgIpc) is 2.48. The summed E-state index contributed by atoms with van der Waals surface area (Å²) in [4.78, 5) is 2.25. The van der Waals surface area contributed by atoms with Gasteiger partial charge >= 0.3 is 0 Å². The van der Waals surface area contributed by atoms with Gasteiger partial charge in [-0.15, -0.1) is 0 Å². The zero-order chi connectivity index (χ0) is 15.2. The first kappa shape index (κ1) is 15.4. The van der Waals surface area contributed by atoms with E-state index in [1.165, 1.54) is 22.4 Å². The van der Waals surface area contributed by atoms with E-state index in [4.69, 9.17) is 10.5 Å². The Bertz CT molecular complexity index is 596. The third-order valence-corrected chi connectivity index (χ3v) is 3.66. The van der Waals surface area contributed by atoms with Gasteiger partial charge in [0.1, 0.15) is 5.75 Å². The molecule has 0 bridgehead atoms. The quantitative estimate of drug-likeness (QED) is 0.885. The Kier molecular flexibility index (Phi) is 5.23. The maximum absolute atomic E-state index is 5.74. The number of para-hydroxylation sites is 1. The highest BCUT2D eigenvalue weighted by Gasteiger charge is 2.10. The molecule has 0 aliphatic rings. The van der Waals surface area contributed by atoms with E-state index in [1.807, 2.05) is 18.2 Å². The Morgan fingerprint density at radius 2 is 1.86 bits per heavy atom. The number of rotatable bonds is 6. The molecule has 0 radical (unpaired) electrons. The topological polar surface area (TPSA) is 38.5 Å². The second kappa shape index (κ2) is 7.14. The lowest BCUT2D eigenvalue weighted by Crippen LogP contribution is -2.19. The summed E-state index contributed by atoms with van der Waals surface area (Å²) in [5, 5.41) is 0. The second-order valence-corrected chi connectivity index (χ2v) is 5.34. The van der Waals surface area contributed by atoms with Crippen LogP contribution in [0.15, 0.2) is 42.5 Å². The van der Waals surface area contributed by atoms with E-state index in [0.29, 0.717) is 6.54 Å². The molecule has 0 amide bonds. The van der Waals surface area contributed by atoms with E-state index in [9.17, 15) is 0 Å². The van der Waals surface area contributed by atoms with Crippen LogP contribution in [0.4, 0.5) is 5.69 Å². The predicted octanol–water partition coefficient (Wildman–Crippen LogP) is 3.14. The summed E-state index contributed by atoms with van der Waals surface area (Å²) in [6.45, 7) is 3.59. The maximum Gasteiger partial charge on any atom is 0.123 e. The van der Waals surface area contributed by atoms with E-state index >= 15 is 0 Å². The molecule has 0 fully saturated rings. The third kappa shape index (κ3) is 3.76. The zero-order valence-electron chi connectivity index (χ0n) is 13.1. The Morgan fingerprint density at radius 1 is 1.10 bits per heavy atom. The van der Waals surface area contributed by atoms with Crippen molar-refractivity contribution in [3.8, 4) is 5.75 Å². The number of ether oxygens (including phenoxy) is 1. The van der Waals surface area contributed by atoms with Crippen molar-refractivity contribution >= 4 is 5.69 Å². The number of anilines is 1. The normalized spacial score (nSPS) is 10.5. The molecule has 0 saturated carbocycles. The van der Waals surface area contributed by atoms with Crippen molar-refractivity contribution in [1.29, 1.82) is 0 Å². The molecule has 0 saturated heterocycles. The minimum Gasteiger partial charge on any atom is -0.496 e. The van der Waals surface area contributed by atoms with Crippen molar-refractivity contribution in [2.45, 2.75) is 19.9 Å². The van der Waals surface area contributed by atoms with Crippen LogP contribution in [-0.2, 0) is 13.0 Å².